The lowest BCUT2D eigenvalue weighted by Crippen LogP contribution is -2.46. The Hall–Kier alpha value is -2.83. The molecule has 7 heteroatoms. The Labute approximate surface area is 165 Å². The van der Waals surface area contributed by atoms with Gasteiger partial charge in [0.25, 0.3) is 0 Å². The summed E-state index contributed by atoms with van der Waals surface area (Å²) in [6.45, 7) is 5.08. The molecule has 0 aliphatic carbocycles. The lowest BCUT2D eigenvalue weighted by atomic mass is 9.95. The van der Waals surface area contributed by atoms with E-state index in [-0.39, 0.29) is 6.03 Å². The smallest absolute Gasteiger partial charge is 0.317 e. The topological polar surface area (TPSA) is 78.8 Å². The van der Waals surface area contributed by atoms with E-state index >= 15 is 0 Å². The van der Waals surface area contributed by atoms with Crippen LogP contribution in [0.15, 0.2) is 36.7 Å². The maximum Gasteiger partial charge on any atom is 0.317 e. The molecule has 7 nitrogen and oxygen atoms in total. The van der Waals surface area contributed by atoms with E-state index in [9.17, 15) is 4.79 Å². The van der Waals surface area contributed by atoms with E-state index < -0.39 is 0 Å². The van der Waals surface area contributed by atoms with Crippen LogP contribution in [-0.2, 0) is 19.4 Å². The number of hydrogen-bond donors (Lipinski definition) is 2. The Bertz CT molecular complexity index is 897. The predicted molar refractivity (Wildman–Crippen MR) is 109 cm³/mol. The van der Waals surface area contributed by atoms with E-state index in [1.807, 2.05) is 35.5 Å². The van der Waals surface area contributed by atoms with Crippen molar-refractivity contribution >= 4 is 17.1 Å². The van der Waals surface area contributed by atoms with Gasteiger partial charge in [0, 0.05) is 51.4 Å². The van der Waals surface area contributed by atoms with Crippen LogP contribution in [0, 0.1) is 5.92 Å². The number of urea groups is 1. The van der Waals surface area contributed by atoms with Crippen LogP contribution >= 0.6 is 0 Å². The quantitative estimate of drug-likeness (QED) is 0.690. The zero-order chi connectivity index (χ0) is 19.3. The summed E-state index contributed by atoms with van der Waals surface area (Å²) in [4.78, 5) is 27.0. The average molecular weight is 380 g/mol. The van der Waals surface area contributed by atoms with Crippen LogP contribution in [0.2, 0.25) is 0 Å². The van der Waals surface area contributed by atoms with Gasteiger partial charge in [-0.15, -0.1) is 0 Å². The molecule has 1 aliphatic heterocycles. The second-order valence-electron chi connectivity index (χ2n) is 7.48. The number of hydrogen-bond acceptors (Lipinski definition) is 3. The largest absolute Gasteiger partial charge is 0.342 e. The molecule has 1 aliphatic rings. The number of carbonyl (C=O) groups excluding carboxylic acids is 1. The molecule has 0 unspecified atom stereocenters. The van der Waals surface area contributed by atoms with Gasteiger partial charge >= 0.3 is 6.03 Å². The number of piperidine rings is 1. The minimum Gasteiger partial charge on any atom is -0.342 e. The standard InChI is InChI=1S/C21H28N6O/c1-2-20-22-9-12-26(20)13-10-23-21(28)27-11-5-6-16(15-27)14-19-24-17-7-3-4-8-18(17)25-19/h3-4,7-9,12,16H,2,5-6,10-11,13-15H2,1H3,(H,23,28)(H,24,25)/t16-/m1/s1. The number of aryl methyl sites for hydroxylation is 1. The number of carbonyl (C=O) groups is 1. The normalized spacial score (nSPS) is 17.2. The Kier molecular flexibility index (Phi) is 5.60. The number of rotatable bonds is 6. The first-order valence-corrected chi connectivity index (χ1v) is 10.2. The number of aromatic amines is 1. The molecule has 2 aromatic heterocycles. The number of benzene rings is 1. The number of aromatic nitrogens is 4. The number of fused-ring (bicyclic) bond motifs is 1. The van der Waals surface area contributed by atoms with Crippen LogP contribution in [0.5, 0.6) is 0 Å². The van der Waals surface area contributed by atoms with Crippen molar-refractivity contribution in [3.8, 4) is 0 Å². The van der Waals surface area contributed by atoms with Crippen molar-refractivity contribution in [1.82, 2.24) is 29.7 Å². The van der Waals surface area contributed by atoms with Gasteiger partial charge in [0.15, 0.2) is 0 Å². The fraction of sp³-hybridized carbons (Fsp3) is 0.476. The summed E-state index contributed by atoms with van der Waals surface area (Å²) in [5.74, 6) is 2.51. The third kappa shape index (κ3) is 4.18. The number of likely N-dealkylation sites (tertiary alicyclic amines) is 1. The van der Waals surface area contributed by atoms with Crippen molar-refractivity contribution in [2.45, 2.75) is 39.2 Å². The van der Waals surface area contributed by atoms with Gasteiger partial charge in [-0.25, -0.2) is 14.8 Å². The summed E-state index contributed by atoms with van der Waals surface area (Å²) in [6, 6.07) is 8.14. The monoisotopic (exact) mass is 380 g/mol. The molecule has 0 spiro atoms. The molecule has 1 aromatic carbocycles. The van der Waals surface area contributed by atoms with Gasteiger partial charge in [0.1, 0.15) is 11.6 Å². The van der Waals surface area contributed by atoms with Crippen LogP contribution in [-0.4, -0.2) is 50.1 Å². The first kappa shape index (κ1) is 18.5. The predicted octanol–water partition coefficient (Wildman–Crippen LogP) is 2.99. The molecule has 3 aromatic rings. The maximum atomic E-state index is 12.6. The first-order chi connectivity index (χ1) is 13.7. The van der Waals surface area contributed by atoms with Crippen molar-refractivity contribution in [3.05, 3.63) is 48.3 Å². The maximum absolute atomic E-state index is 12.6. The molecule has 0 saturated carbocycles. The SMILES string of the molecule is CCc1nccn1CCNC(=O)N1CCC[C@H](Cc2nc3ccccc3[nH]2)C1. The van der Waals surface area contributed by atoms with Crippen molar-refractivity contribution < 1.29 is 4.79 Å². The summed E-state index contributed by atoms with van der Waals surface area (Å²) in [5.41, 5.74) is 2.09. The van der Waals surface area contributed by atoms with Gasteiger partial charge in [-0.2, -0.15) is 0 Å². The van der Waals surface area contributed by atoms with Gasteiger partial charge < -0.3 is 19.8 Å². The van der Waals surface area contributed by atoms with Crippen molar-refractivity contribution in [3.63, 3.8) is 0 Å². The molecular weight excluding hydrogens is 352 g/mol. The van der Waals surface area contributed by atoms with E-state index in [2.05, 4.69) is 37.8 Å². The molecule has 0 bridgehead atoms. The van der Waals surface area contributed by atoms with E-state index in [1.54, 1.807) is 0 Å². The lowest BCUT2D eigenvalue weighted by Gasteiger charge is -2.32. The minimum absolute atomic E-state index is 0.0347. The van der Waals surface area contributed by atoms with E-state index in [1.165, 1.54) is 0 Å². The Balaban J connectivity index is 1.28. The molecule has 4 rings (SSSR count). The first-order valence-electron chi connectivity index (χ1n) is 10.2. The van der Waals surface area contributed by atoms with Crippen LogP contribution in [0.1, 0.15) is 31.4 Å². The van der Waals surface area contributed by atoms with Crippen molar-refractivity contribution in [1.29, 1.82) is 0 Å². The summed E-state index contributed by atoms with van der Waals surface area (Å²) < 4.78 is 2.10. The van der Waals surface area contributed by atoms with Crippen LogP contribution in [0.25, 0.3) is 11.0 Å². The highest BCUT2D eigenvalue weighted by atomic mass is 16.2. The van der Waals surface area contributed by atoms with Gasteiger partial charge in [-0.05, 0) is 30.9 Å². The van der Waals surface area contributed by atoms with Crippen LogP contribution < -0.4 is 5.32 Å². The molecular formula is C21H28N6O. The fourth-order valence-electron chi connectivity index (χ4n) is 4.04. The number of nitrogens with one attached hydrogen (secondary N) is 2. The van der Waals surface area contributed by atoms with Crippen molar-refractivity contribution in [2.24, 2.45) is 5.92 Å². The van der Waals surface area contributed by atoms with Gasteiger partial charge in [-0.3, -0.25) is 0 Å². The average Bonchev–Trinajstić information content (AvgIpc) is 3.33. The highest BCUT2D eigenvalue weighted by Gasteiger charge is 2.24. The van der Waals surface area contributed by atoms with Crippen LogP contribution in [0.3, 0.4) is 0 Å². The summed E-state index contributed by atoms with van der Waals surface area (Å²) in [6.07, 6.45) is 7.74. The van der Waals surface area contributed by atoms with Gasteiger partial charge in [0.2, 0.25) is 0 Å². The van der Waals surface area contributed by atoms with Gasteiger partial charge in [0.05, 0.1) is 11.0 Å². The van der Waals surface area contributed by atoms with Gasteiger partial charge in [-0.1, -0.05) is 19.1 Å². The lowest BCUT2D eigenvalue weighted by molar-refractivity contribution is 0.164. The number of nitrogens with zero attached hydrogens (tertiary/aromatic N) is 4. The molecule has 1 atom stereocenters. The van der Waals surface area contributed by atoms with E-state index in [4.69, 9.17) is 0 Å². The molecule has 2 N–H and O–H groups in total. The summed E-state index contributed by atoms with van der Waals surface area (Å²) >= 11 is 0. The number of para-hydroxylation sites is 2. The fourth-order valence-corrected chi connectivity index (χ4v) is 4.04. The molecule has 2 amide bonds. The number of H-pyrrole nitrogens is 1. The third-order valence-electron chi connectivity index (χ3n) is 5.47. The third-order valence-corrected chi connectivity index (χ3v) is 5.47. The minimum atomic E-state index is 0.0347. The number of imidazole rings is 2. The molecule has 1 saturated heterocycles. The summed E-state index contributed by atoms with van der Waals surface area (Å²) in [5, 5.41) is 3.06. The highest BCUT2D eigenvalue weighted by Crippen LogP contribution is 2.21. The number of amides is 2. The summed E-state index contributed by atoms with van der Waals surface area (Å²) in [7, 11) is 0. The Morgan fingerprint density at radius 1 is 1.36 bits per heavy atom. The Morgan fingerprint density at radius 3 is 3.11 bits per heavy atom. The zero-order valence-corrected chi connectivity index (χ0v) is 16.4. The van der Waals surface area contributed by atoms with Crippen LogP contribution in [0.4, 0.5) is 4.79 Å². The van der Waals surface area contributed by atoms with Crippen molar-refractivity contribution in [2.75, 3.05) is 19.6 Å². The second kappa shape index (κ2) is 8.46. The zero-order valence-electron chi connectivity index (χ0n) is 16.4. The molecule has 28 heavy (non-hydrogen) atoms. The molecule has 1 fully saturated rings. The second-order valence-corrected chi connectivity index (χ2v) is 7.48. The molecule has 3 heterocycles. The van der Waals surface area contributed by atoms with E-state index in [0.29, 0.717) is 12.5 Å². The highest BCUT2D eigenvalue weighted by molar-refractivity contribution is 5.75. The molecule has 0 radical (unpaired) electrons. The molecule has 148 valence electrons. The Morgan fingerprint density at radius 2 is 2.25 bits per heavy atom. The van der Waals surface area contributed by atoms with E-state index in [0.717, 1.165) is 68.0 Å².